The van der Waals surface area contributed by atoms with Gasteiger partial charge in [0.2, 0.25) is 11.8 Å². The Kier molecular flexibility index (Phi) is 3.09. The minimum absolute atomic E-state index is 0.236. The first-order chi connectivity index (χ1) is 9.12. The molecule has 3 rings (SSSR count). The molecule has 2 aliphatic rings. The van der Waals surface area contributed by atoms with Crippen LogP contribution in [0.25, 0.3) is 0 Å². The average molecular weight is 279 g/mol. The molecule has 2 fully saturated rings. The summed E-state index contributed by atoms with van der Waals surface area (Å²) in [6.45, 7) is 0. The highest BCUT2D eigenvalue weighted by Crippen LogP contribution is 2.51. The number of carbonyl (C=O) groups excluding carboxylic acids is 2. The van der Waals surface area contributed by atoms with E-state index in [0.717, 1.165) is 17.9 Å². The fourth-order valence-corrected chi connectivity index (χ4v) is 4.64. The molecule has 2 amide bonds. The van der Waals surface area contributed by atoms with Crippen LogP contribution in [0, 0.1) is 11.2 Å². The number of thioether (sulfide) groups is 1. The van der Waals surface area contributed by atoms with Crippen molar-refractivity contribution < 1.29 is 14.0 Å². The molecule has 1 N–H and O–H groups in total. The fourth-order valence-electron chi connectivity index (χ4n) is 3.12. The van der Waals surface area contributed by atoms with E-state index in [9.17, 15) is 14.0 Å². The third kappa shape index (κ3) is 2.06. The summed E-state index contributed by atoms with van der Waals surface area (Å²) in [5.41, 5.74) is 0.00160. The third-order valence-corrected chi connectivity index (χ3v) is 5.27. The van der Waals surface area contributed by atoms with Crippen LogP contribution in [0.2, 0.25) is 0 Å². The lowest BCUT2D eigenvalue weighted by molar-refractivity contribution is -0.139. The van der Waals surface area contributed by atoms with Gasteiger partial charge in [-0.3, -0.25) is 14.9 Å². The molecule has 2 atom stereocenters. The molecule has 19 heavy (non-hydrogen) atoms. The van der Waals surface area contributed by atoms with Crippen molar-refractivity contribution in [2.24, 2.45) is 5.41 Å². The molecule has 3 nitrogen and oxygen atoms in total. The van der Waals surface area contributed by atoms with Crippen molar-refractivity contribution >= 4 is 23.6 Å². The Labute approximate surface area is 115 Å². The Bertz CT molecular complexity index is 540. The van der Waals surface area contributed by atoms with Crippen LogP contribution in [0.1, 0.15) is 24.3 Å². The van der Waals surface area contributed by atoms with Gasteiger partial charge in [-0.05, 0) is 18.2 Å². The van der Waals surface area contributed by atoms with Gasteiger partial charge in [0.25, 0.3) is 0 Å². The number of amides is 2. The Morgan fingerprint density at radius 1 is 1.32 bits per heavy atom. The molecule has 5 heteroatoms. The van der Waals surface area contributed by atoms with Gasteiger partial charge in [0.1, 0.15) is 5.82 Å². The zero-order valence-electron chi connectivity index (χ0n) is 10.3. The third-order valence-electron chi connectivity index (χ3n) is 4.00. The van der Waals surface area contributed by atoms with E-state index in [1.807, 2.05) is 0 Å². The normalized spacial score (nSPS) is 30.7. The SMILES string of the molecule is O=C1CC2(CCSC2)C(c2ccccc2F)C(=O)N1. The first kappa shape index (κ1) is 12.7. The van der Waals surface area contributed by atoms with Crippen LogP contribution in [-0.4, -0.2) is 23.3 Å². The largest absolute Gasteiger partial charge is 0.296 e. The molecule has 0 radical (unpaired) electrons. The Morgan fingerprint density at radius 3 is 2.79 bits per heavy atom. The summed E-state index contributed by atoms with van der Waals surface area (Å²) >= 11 is 1.73. The van der Waals surface area contributed by atoms with Crippen molar-refractivity contribution in [2.45, 2.75) is 18.8 Å². The molecule has 0 saturated carbocycles. The lowest BCUT2D eigenvalue weighted by atomic mass is 9.67. The molecule has 2 aliphatic heterocycles. The zero-order chi connectivity index (χ0) is 13.5. The van der Waals surface area contributed by atoms with Crippen LogP contribution in [-0.2, 0) is 9.59 Å². The summed E-state index contributed by atoms with van der Waals surface area (Å²) in [5.74, 6) is 0.148. The van der Waals surface area contributed by atoms with Crippen molar-refractivity contribution in [1.29, 1.82) is 0 Å². The number of carbonyl (C=O) groups is 2. The summed E-state index contributed by atoms with van der Waals surface area (Å²) in [6.07, 6.45) is 1.10. The molecule has 2 saturated heterocycles. The lowest BCUT2D eigenvalue weighted by Crippen LogP contribution is -2.51. The summed E-state index contributed by atoms with van der Waals surface area (Å²) in [6, 6.07) is 6.37. The smallest absolute Gasteiger partial charge is 0.234 e. The van der Waals surface area contributed by atoms with Gasteiger partial charge >= 0.3 is 0 Å². The average Bonchev–Trinajstić information content (AvgIpc) is 2.79. The Morgan fingerprint density at radius 2 is 2.11 bits per heavy atom. The summed E-state index contributed by atoms with van der Waals surface area (Å²) in [7, 11) is 0. The number of hydrogen-bond donors (Lipinski definition) is 1. The molecule has 1 aromatic rings. The van der Waals surface area contributed by atoms with Crippen LogP contribution in [0.5, 0.6) is 0 Å². The molecule has 0 aliphatic carbocycles. The predicted molar refractivity (Wildman–Crippen MR) is 71.3 cm³/mol. The maximum Gasteiger partial charge on any atom is 0.234 e. The number of piperidine rings is 1. The highest BCUT2D eigenvalue weighted by molar-refractivity contribution is 7.99. The van der Waals surface area contributed by atoms with E-state index >= 15 is 0 Å². The van der Waals surface area contributed by atoms with Crippen molar-refractivity contribution in [1.82, 2.24) is 5.32 Å². The minimum Gasteiger partial charge on any atom is -0.296 e. The first-order valence-electron chi connectivity index (χ1n) is 6.28. The van der Waals surface area contributed by atoms with Crippen molar-refractivity contribution in [3.05, 3.63) is 35.6 Å². The number of hydrogen-bond acceptors (Lipinski definition) is 3. The monoisotopic (exact) mass is 279 g/mol. The highest BCUT2D eigenvalue weighted by Gasteiger charge is 2.51. The lowest BCUT2D eigenvalue weighted by Gasteiger charge is -2.39. The summed E-state index contributed by atoms with van der Waals surface area (Å²) in [5, 5.41) is 2.35. The number of nitrogens with one attached hydrogen (secondary N) is 1. The molecular formula is C14H14FNO2S. The van der Waals surface area contributed by atoms with E-state index in [4.69, 9.17) is 0 Å². The van der Waals surface area contributed by atoms with E-state index in [-0.39, 0.29) is 17.6 Å². The van der Waals surface area contributed by atoms with Crippen LogP contribution < -0.4 is 5.32 Å². The quantitative estimate of drug-likeness (QED) is 0.801. The number of rotatable bonds is 1. The second-order valence-electron chi connectivity index (χ2n) is 5.21. The van der Waals surface area contributed by atoms with E-state index in [1.165, 1.54) is 6.07 Å². The van der Waals surface area contributed by atoms with E-state index in [0.29, 0.717) is 12.0 Å². The van der Waals surface area contributed by atoms with Crippen LogP contribution in [0.15, 0.2) is 24.3 Å². The van der Waals surface area contributed by atoms with Gasteiger partial charge in [0, 0.05) is 23.2 Å². The number of imide groups is 1. The van der Waals surface area contributed by atoms with Crippen LogP contribution in [0.3, 0.4) is 0 Å². The molecule has 1 spiro atoms. The molecule has 0 aromatic heterocycles. The molecular weight excluding hydrogens is 265 g/mol. The van der Waals surface area contributed by atoms with Gasteiger partial charge in [0.05, 0.1) is 5.92 Å². The molecule has 1 aromatic carbocycles. The van der Waals surface area contributed by atoms with Crippen molar-refractivity contribution in [3.8, 4) is 0 Å². The van der Waals surface area contributed by atoms with E-state index in [2.05, 4.69) is 5.32 Å². The Hall–Kier alpha value is -1.36. The van der Waals surface area contributed by atoms with E-state index in [1.54, 1.807) is 30.0 Å². The maximum atomic E-state index is 14.0. The molecule has 2 heterocycles. The van der Waals surface area contributed by atoms with Crippen molar-refractivity contribution in [3.63, 3.8) is 0 Å². The molecule has 100 valence electrons. The fraction of sp³-hybridized carbons (Fsp3) is 0.429. The Balaban J connectivity index is 2.08. The second-order valence-corrected chi connectivity index (χ2v) is 6.31. The summed E-state index contributed by atoms with van der Waals surface area (Å²) in [4.78, 5) is 23.9. The van der Waals surface area contributed by atoms with Gasteiger partial charge in [0.15, 0.2) is 0 Å². The molecule has 2 unspecified atom stereocenters. The molecule has 0 bridgehead atoms. The second kappa shape index (κ2) is 4.63. The van der Waals surface area contributed by atoms with Gasteiger partial charge in [-0.1, -0.05) is 18.2 Å². The first-order valence-corrected chi connectivity index (χ1v) is 7.44. The zero-order valence-corrected chi connectivity index (χ0v) is 11.1. The minimum atomic E-state index is -0.554. The van der Waals surface area contributed by atoms with Gasteiger partial charge in [-0.15, -0.1) is 0 Å². The highest BCUT2D eigenvalue weighted by atomic mass is 32.2. The summed E-state index contributed by atoms with van der Waals surface area (Å²) < 4.78 is 14.0. The van der Waals surface area contributed by atoms with Gasteiger partial charge in [-0.25, -0.2) is 4.39 Å². The van der Waals surface area contributed by atoms with Crippen molar-refractivity contribution in [2.75, 3.05) is 11.5 Å². The standard InChI is InChI=1S/C14H14FNO2S/c15-10-4-2-1-3-9(10)12-13(18)16-11(17)7-14(12)5-6-19-8-14/h1-4,12H,5-8H2,(H,16,17,18). The van der Waals surface area contributed by atoms with Crippen LogP contribution >= 0.6 is 11.8 Å². The van der Waals surface area contributed by atoms with Gasteiger partial charge < -0.3 is 0 Å². The predicted octanol–water partition coefficient (Wildman–Crippen LogP) is 2.08. The van der Waals surface area contributed by atoms with Crippen LogP contribution in [0.4, 0.5) is 4.39 Å². The van der Waals surface area contributed by atoms with E-state index < -0.39 is 11.3 Å². The number of halogens is 1. The maximum absolute atomic E-state index is 14.0. The van der Waals surface area contributed by atoms with Gasteiger partial charge in [-0.2, -0.15) is 11.8 Å². The topological polar surface area (TPSA) is 46.2 Å². The number of benzene rings is 1.